The Morgan fingerprint density at radius 2 is 2.38 bits per heavy atom. The summed E-state index contributed by atoms with van der Waals surface area (Å²) < 4.78 is 0. The molecule has 86 valence electrons. The van der Waals surface area contributed by atoms with Crippen molar-refractivity contribution < 1.29 is 4.79 Å². The zero-order valence-corrected chi connectivity index (χ0v) is 10.2. The van der Waals surface area contributed by atoms with Gasteiger partial charge in [0.15, 0.2) is 5.13 Å². The normalized spacial score (nSPS) is 31.9. The molecule has 1 aromatic rings. The molecule has 0 aromatic carbocycles. The maximum atomic E-state index is 12.1. The highest BCUT2D eigenvalue weighted by molar-refractivity contribution is 7.15. The van der Waals surface area contributed by atoms with Crippen LogP contribution in [0.4, 0.5) is 5.13 Å². The molecule has 3 atom stereocenters. The third-order valence-electron chi connectivity index (χ3n) is 3.93. The lowest BCUT2D eigenvalue weighted by atomic mass is 9.88. The average Bonchev–Trinajstić information content (AvgIpc) is 2.93. The molecular weight excluding hydrogens is 220 g/mol. The summed E-state index contributed by atoms with van der Waals surface area (Å²) in [6.07, 6.45) is 6.77. The Morgan fingerprint density at radius 1 is 1.50 bits per heavy atom. The van der Waals surface area contributed by atoms with Crippen molar-refractivity contribution in [2.75, 3.05) is 5.32 Å². The Kier molecular flexibility index (Phi) is 2.46. The van der Waals surface area contributed by atoms with Gasteiger partial charge in [0.1, 0.15) is 0 Å². The highest BCUT2D eigenvalue weighted by Crippen LogP contribution is 2.48. The van der Waals surface area contributed by atoms with E-state index in [1.165, 1.54) is 19.3 Å². The average molecular weight is 236 g/mol. The van der Waals surface area contributed by atoms with Gasteiger partial charge in [-0.1, -0.05) is 6.42 Å². The number of hydrogen-bond acceptors (Lipinski definition) is 3. The standard InChI is InChI=1S/C12H16N2OS/c1-7-6-13-12(16-7)14-11(15)10-5-8-2-3-9(10)4-8/h6,8-10H,2-5H2,1H3,(H,13,14,15)/t8-,9+,10+/m0/s1. The summed E-state index contributed by atoms with van der Waals surface area (Å²) in [4.78, 5) is 17.4. The lowest BCUT2D eigenvalue weighted by Crippen LogP contribution is -2.27. The van der Waals surface area contributed by atoms with Gasteiger partial charge in [-0.3, -0.25) is 4.79 Å². The summed E-state index contributed by atoms with van der Waals surface area (Å²) in [6.45, 7) is 2.00. The monoisotopic (exact) mass is 236 g/mol. The van der Waals surface area contributed by atoms with Crippen molar-refractivity contribution in [1.82, 2.24) is 4.98 Å². The molecule has 1 aromatic heterocycles. The molecule has 2 saturated carbocycles. The molecule has 2 fully saturated rings. The van der Waals surface area contributed by atoms with E-state index in [1.807, 2.05) is 6.92 Å². The number of thiazole rings is 1. The fourth-order valence-corrected chi connectivity index (χ4v) is 3.84. The number of fused-ring (bicyclic) bond motifs is 2. The van der Waals surface area contributed by atoms with Crippen LogP contribution in [0.1, 0.15) is 30.6 Å². The summed E-state index contributed by atoms with van der Waals surface area (Å²) in [7, 11) is 0. The van der Waals surface area contributed by atoms with Crippen LogP contribution >= 0.6 is 11.3 Å². The maximum absolute atomic E-state index is 12.1. The van der Waals surface area contributed by atoms with Crippen LogP contribution in [0.2, 0.25) is 0 Å². The molecule has 0 unspecified atom stereocenters. The van der Waals surface area contributed by atoms with Gasteiger partial charge in [0.25, 0.3) is 0 Å². The number of aromatic nitrogens is 1. The summed E-state index contributed by atoms with van der Waals surface area (Å²) in [6, 6.07) is 0. The number of rotatable bonds is 2. The van der Waals surface area contributed by atoms with Crippen molar-refractivity contribution in [2.24, 2.45) is 17.8 Å². The zero-order chi connectivity index (χ0) is 11.1. The second-order valence-electron chi connectivity index (χ2n) is 5.05. The zero-order valence-electron chi connectivity index (χ0n) is 9.40. The molecule has 1 heterocycles. The van der Waals surface area contributed by atoms with E-state index in [-0.39, 0.29) is 11.8 Å². The molecule has 0 aliphatic heterocycles. The van der Waals surface area contributed by atoms with Crippen molar-refractivity contribution in [1.29, 1.82) is 0 Å². The quantitative estimate of drug-likeness (QED) is 0.858. The Labute approximate surface area is 99.3 Å². The molecule has 4 heteroatoms. The minimum atomic E-state index is 0.196. The van der Waals surface area contributed by atoms with Crippen molar-refractivity contribution in [2.45, 2.75) is 32.6 Å². The molecule has 2 aliphatic carbocycles. The van der Waals surface area contributed by atoms with Gasteiger partial charge in [-0.2, -0.15) is 0 Å². The van der Waals surface area contributed by atoms with Gasteiger partial charge < -0.3 is 5.32 Å². The summed E-state index contributed by atoms with van der Waals surface area (Å²) in [5, 5.41) is 3.71. The van der Waals surface area contributed by atoms with E-state index >= 15 is 0 Å². The van der Waals surface area contributed by atoms with Crippen molar-refractivity contribution in [3.8, 4) is 0 Å². The van der Waals surface area contributed by atoms with E-state index in [9.17, 15) is 4.79 Å². The number of amides is 1. The molecule has 2 aliphatic rings. The fourth-order valence-electron chi connectivity index (χ4n) is 3.18. The first kappa shape index (κ1) is 10.3. The van der Waals surface area contributed by atoms with E-state index in [0.717, 1.165) is 22.3 Å². The SMILES string of the molecule is Cc1cnc(NC(=O)[C@@H]2C[C@H]3CC[C@@H]2C3)s1. The van der Waals surface area contributed by atoms with Crippen LogP contribution in [0.3, 0.4) is 0 Å². The smallest absolute Gasteiger partial charge is 0.229 e. The number of nitrogens with one attached hydrogen (secondary N) is 1. The second-order valence-corrected chi connectivity index (χ2v) is 6.28. The van der Waals surface area contributed by atoms with Gasteiger partial charge in [-0.15, -0.1) is 11.3 Å². The van der Waals surface area contributed by atoms with Crippen LogP contribution in [0.15, 0.2) is 6.20 Å². The first-order valence-electron chi connectivity index (χ1n) is 5.95. The first-order chi connectivity index (χ1) is 7.72. The highest BCUT2D eigenvalue weighted by atomic mass is 32.1. The molecule has 16 heavy (non-hydrogen) atoms. The van der Waals surface area contributed by atoms with Gasteiger partial charge in [-0.05, 0) is 38.0 Å². The van der Waals surface area contributed by atoms with Gasteiger partial charge in [0, 0.05) is 17.0 Å². The number of carbonyl (C=O) groups is 1. The molecule has 1 N–H and O–H groups in total. The fraction of sp³-hybridized carbons (Fsp3) is 0.667. The molecular formula is C12H16N2OS. The van der Waals surface area contributed by atoms with Crippen molar-refractivity contribution in [3.63, 3.8) is 0 Å². The Bertz CT molecular complexity index is 415. The summed E-state index contributed by atoms with van der Waals surface area (Å²) in [5.41, 5.74) is 0. The Hall–Kier alpha value is -0.900. The van der Waals surface area contributed by atoms with Crippen LogP contribution in [-0.4, -0.2) is 10.9 Å². The summed E-state index contributed by atoms with van der Waals surface area (Å²) >= 11 is 1.55. The number of hydrogen-bond donors (Lipinski definition) is 1. The largest absolute Gasteiger partial charge is 0.302 e. The number of nitrogens with zero attached hydrogens (tertiary/aromatic N) is 1. The number of carbonyl (C=O) groups excluding carboxylic acids is 1. The van der Waals surface area contributed by atoms with Crippen LogP contribution in [-0.2, 0) is 4.79 Å². The van der Waals surface area contributed by atoms with Gasteiger partial charge in [-0.25, -0.2) is 4.98 Å². The molecule has 3 nitrogen and oxygen atoms in total. The number of anilines is 1. The highest BCUT2D eigenvalue weighted by Gasteiger charge is 2.43. The second kappa shape index (κ2) is 3.84. The van der Waals surface area contributed by atoms with E-state index in [2.05, 4.69) is 10.3 Å². The molecule has 0 radical (unpaired) electrons. The minimum Gasteiger partial charge on any atom is -0.302 e. The van der Waals surface area contributed by atoms with E-state index < -0.39 is 0 Å². The molecule has 3 rings (SSSR count). The third-order valence-corrected chi connectivity index (χ3v) is 4.75. The Morgan fingerprint density at radius 3 is 2.94 bits per heavy atom. The summed E-state index contributed by atoms with van der Waals surface area (Å²) in [5.74, 6) is 1.91. The lowest BCUT2D eigenvalue weighted by Gasteiger charge is -2.19. The van der Waals surface area contributed by atoms with Crippen LogP contribution in [0, 0.1) is 24.7 Å². The minimum absolute atomic E-state index is 0.196. The lowest BCUT2D eigenvalue weighted by molar-refractivity contribution is -0.121. The van der Waals surface area contributed by atoms with E-state index in [0.29, 0.717) is 5.92 Å². The predicted octanol–water partition coefficient (Wildman–Crippen LogP) is 2.83. The third kappa shape index (κ3) is 1.75. The van der Waals surface area contributed by atoms with Crippen molar-refractivity contribution in [3.05, 3.63) is 11.1 Å². The molecule has 0 saturated heterocycles. The molecule has 0 spiro atoms. The van der Waals surface area contributed by atoms with Crippen LogP contribution < -0.4 is 5.32 Å². The molecule has 1 amide bonds. The Balaban J connectivity index is 1.65. The van der Waals surface area contributed by atoms with Crippen molar-refractivity contribution >= 4 is 22.4 Å². The van der Waals surface area contributed by atoms with Crippen LogP contribution in [0.25, 0.3) is 0 Å². The maximum Gasteiger partial charge on any atom is 0.229 e. The van der Waals surface area contributed by atoms with Gasteiger partial charge in [0.2, 0.25) is 5.91 Å². The van der Waals surface area contributed by atoms with E-state index in [1.54, 1.807) is 17.5 Å². The molecule has 2 bridgehead atoms. The van der Waals surface area contributed by atoms with Crippen LogP contribution in [0.5, 0.6) is 0 Å². The van der Waals surface area contributed by atoms with Gasteiger partial charge >= 0.3 is 0 Å². The van der Waals surface area contributed by atoms with E-state index in [4.69, 9.17) is 0 Å². The first-order valence-corrected chi connectivity index (χ1v) is 6.77. The number of aryl methyl sites for hydroxylation is 1. The predicted molar refractivity (Wildman–Crippen MR) is 64.4 cm³/mol. The topological polar surface area (TPSA) is 42.0 Å². The van der Waals surface area contributed by atoms with Gasteiger partial charge in [0.05, 0.1) is 0 Å².